The molecule has 2 aromatic heterocycles. The minimum atomic E-state index is -1.12. The van der Waals surface area contributed by atoms with E-state index in [1.807, 2.05) is 24.3 Å². The average Bonchev–Trinajstić information content (AvgIpc) is 3.58. The third kappa shape index (κ3) is 4.62. The van der Waals surface area contributed by atoms with Crippen LogP contribution in [0.15, 0.2) is 70.3 Å². The van der Waals surface area contributed by atoms with Crippen LogP contribution in [0.2, 0.25) is 13.6 Å². The lowest BCUT2D eigenvalue weighted by atomic mass is 9.48. The van der Waals surface area contributed by atoms with E-state index in [2.05, 4.69) is 88.7 Å². The smallest absolute Gasteiger partial charge is 0.413 e. The largest absolute Gasteiger partial charge is 0.459 e. The molecule has 0 atom stereocenters. The van der Waals surface area contributed by atoms with Crippen molar-refractivity contribution in [2.24, 2.45) is 5.73 Å². The van der Waals surface area contributed by atoms with E-state index in [0.29, 0.717) is 11.1 Å². The van der Waals surface area contributed by atoms with Crippen LogP contribution in [0.3, 0.4) is 0 Å². The van der Waals surface area contributed by atoms with Crippen molar-refractivity contribution in [2.45, 2.75) is 41.3 Å². The number of alkyl carbamates (subject to hydrolysis) is 1. The second kappa shape index (κ2) is 10.5. The third-order valence-electron chi connectivity index (χ3n) is 8.76. The standard InChI is InChI=1S/C33H35BBrN7O2/c1-17-13-19(3)41-29(17)25(30-18(2)14-20(4)42(30)34(41,5)6)16-44-33(43)40-32(38)23-11-12-24-26(15-23)39-28(27(24)35)21-7-9-22(10-8-21)31(36)37/h7-15,39H,16H2,1-6H3,(H3,36,37)(H2,38,40,43). The van der Waals surface area contributed by atoms with Gasteiger partial charge in [-0.25, -0.2) is 4.79 Å². The summed E-state index contributed by atoms with van der Waals surface area (Å²) in [5.41, 5.74) is 17.2. The van der Waals surface area contributed by atoms with E-state index in [1.165, 1.54) is 11.4 Å². The van der Waals surface area contributed by atoms with E-state index in [4.69, 9.17) is 21.3 Å². The lowest BCUT2D eigenvalue weighted by Crippen LogP contribution is -2.53. The number of hydrogen-bond donors (Lipinski definition) is 5. The Balaban J connectivity index is 1.22. The summed E-state index contributed by atoms with van der Waals surface area (Å²) in [7, 11) is 0. The van der Waals surface area contributed by atoms with Crippen LogP contribution in [0.1, 0.15) is 41.9 Å². The lowest BCUT2D eigenvalue weighted by molar-refractivity contribution is -0.336. The van der Waals surface area contributed by atoms with Crippen LogP contribution in [0, 0.1) is 24.7 Å². The monoisotopic (exact) mass is 651 g/mol. The number of H-pyrrole nitrogens is 1. The number of nitrogen functional groups attached to an aromatic ring is 1. The molecule has 0 bridgehead atoms. The SMILES string of the molecule is CC1=CC(C)=[N+]2C1=C(COC(=O)NC(=N)c1ccc3c(Br)c(-c4ccc(C(=N)N)cc4)[nH]c3c1)c1c(C)cc(C)n1[B-]2(C)C. The first kappa shape index (κ1) is 29.4. The van der Waals surface area contributed by atoms with Gasteiger partial charge in [0.05, 0.1) is 15.7 Å². The fraction of sp³-hybridized carbons (Fsp3) is 0.212. The molecule has 9 nitrogen and oxygen atoms in total. The van der Waals surface area contributed by atoms with Gasteiger partial charge in [-0.1, -0.05) is 36.4 Å². The molecule has 0 fully saturated rings. The van der Waals surface area contributed by atoms with Gasteiger partial charge in [0, 0.05) is 46.3 Å². The highest BCUT2D eigenvalue weighted by Gasteiger charge is 2.45. The summed E-state index contributed by atoms with van der Waals surface area (Å²) >= 11 is 3.69. The van der Waals surface area contributed by atoms with E-state index in [9.17, 15) is 4.79 Å². The number of rotatable bonds is 5. The van der Waals surface area contributed by atoms with Gasteiger partial charge in [-0.2, -0.15) is 0 Å². The van der Waals surface area contributed by atoms with Gasteiger partial charge < -0.3 is 24.4 Å². The quantitative estimate of drug-likeness (QED) is 0.0927. The first-order chi connectivity index (χ1) is 20.8. The molecule has 0 radical (unpaired) electrons. The van der Waals surface area contributed by atoms with Gasteiger partial charge in [0.2, 0.25) is 0 Å². The summed E-state index contributed by atoms with van der Waals surface area (Å²) in [4.78, 5) is 16.5. The zero-order valence-electron chi connectivity index (χ0n) is 25.6. The molecule has 6 rings (SSSR count). The summed E-state index contributed by atoms with van der Waals surface area (Å²) in [5, 5.41) is 19.8. The number of aromatic amines is 1. The number of fused-ring (bicyclic) bond motifs is 3. The molecular weight excluding hydrogens is 617 g/mol. The van der Waals surface area contributed by atoms with Gasteiger partial charge in [0.15, 0.2) is 5.70 Å². The van der Waals surface area contributed by atoms with E-state index < -0.39 is 12.5 Å². The lowest BCUT2D eigenvalue weighted by Gasteiger charge is -2.40. The first-order valence-electron chi connectivity index (χ1n) is 14.6. The number of allylic oxidation sites excluding steroid dienone is 2. The van der Waals surface area contributed by atoms with Crippen LogP contribution < -0.4 is 11.1 Å². The van der Waals surface area contributed by atoms with E-state index in [-0.39, 0.29) is 18.3 Å². The van der Waals surface area contributed by atoms with Gasteiger partial charge in [0.25, 0.3) is 0 Å². The number of hydrogen-bond acceptors (Lipinski definition) is 4. The molecule has 2 aromatic carbocycles. The van der Waals surface area contributed by atoms with Crippen LogP contribution in [0.25, 0.3) is 27.7 Å². The molecule has 6 N–H and O–H groups in total. The molecule has 4 heterocycles. The van der Waals surface area contributed by atoms with Gasteiger partial charge in [-0.15, -0.1) is 13.6 Å². The maximum absolute atomic E-state index is 13.0. The van der Waals surface area contributed by atoms with Crippen molar-refractivity contribution in [3.05, 3.63) is 98.4 Å². The van der Waals surface area contributed by atoms with Crippen molar-refractivity contribution in [1.82, 2.24) is 14.8 Å². The minimum Gasteiger partial charge on any atom is -0.459 e. The van der Waals surface area contributed by atoms with Gasteiger partial charge >= 0.3 is 12.5 Å². The Morgan fingerprint density at radius 1 is 1.07 bits per heavy atom. The molecule has 2 aliphatic rings. The number of aryl methyl sites for hydroxylation is 2. The molecule has 11 heteroatoms. The highest BCUT2D eigenvalue weighted by atomic mass is 79.9. The Labute approximate surface area is 264 Å². The molecule has 0 unspecified atom stereocenters. The maximum Gasteiger partial charge on any atom is 0.413 e. The molecule has 0 aliphatic carbocycles. The van der Waals surface area contributed by atoms with E-state index in [1.54, 1.807) is 18.2 Å². The summed E-state index contributed by atoms with van der Waals surface area (Å²) in [6.45, 7) is 13.1. The zero-order chi connectivity index (χ0) is 31.7. The van der Waals surface area contributed by atoms with Crippen molar-refractivity contribution in [2.75, 3.05) is 6.61 Å². The van der Waals surface area contributed by atoms with Crippen molar-refractivity contribution in [3.8, 4) is 11.3 Å². The number of aromatic nitrogens is 2. The Bertz CT molecular complexity index is 2030. The predicted molar refractivity (Wildman–Crippen MR) is 182 cm³/mol. The second-order valence-corrected chi connectivity index (χ2v) is 13.0. The van der Waals surface area contributed by atoms with Crippen LogP contribution in [-0.4, -0.2) is 50.4 Å². The normalized spacial score (nSPS) is 15.3. The molecule has 0 saturated carbocycles. The summed E-state index contributed by atoms with van der Waals surface area (Å²) < 4.78 is 11.4. The highest BCUT2D eigenvalue weighted by molar-refractivity contribution is 9.10. The topological polar surface area (TPSA) is 136 Å². The molecule has 1 amide bonds. The van der Waals surface area contributed by atoms with Gasteiger partial charge in [-0.3, -0.25) is 16.1 Å². The van der Waals surface area contributed by atoms with Crippen molar-refractivity contribution >= 4 is 62.3 Å². The van der Waals surface area contributed by atoms with Crippen LogP contribution >= 0.6 is 15.9 Å². The second-order valence-electron chi connectivity index (χ2n) is 12.2. The number of benzene rings is 2. The third-order valence-corrected chi connectivity index (χ3v) is 9.58. The Kier molecular flexibility index (Phi) is 7.04. The number of halogens is 1. The van der Waals surface area contributed by atoms with E-state index in [0.717, 1.165) is 54.7 Å². The summed E-state index contributed by atoms with van der Waals surface area (Å²) in [6.07, 6.45) is 0.383. The molecule has 224 valence electrons. The first-order valence-corrected chi connectivity index (χ1v) is 15.4. The molecular formula is C33H35BBrN7O2. The minimum absolute atomic E-state index is 0.0168. The van der Waals surface area contributed by atoms with Crippen LogP contribution in [0.5, 0.6) is 0 Å². The van der Waals surface area contributed by atoms with Gasteiger partial charge in [0.1, 0.15) is 24.0 Å². The van der Waals surface area contributed by atoms with E-state index >= 15 is 0 Å². The molecule has 0 spiro atoms. The number of carbonyl (C=O) groups excluding carboxylic acids is 1. The zero-order valence-corrected chi connectivity index (χ0v) is 27.2. The molecule has 44 heavy (non-hydrogen) atoms. The Morgan fingerprint density at radius 2 is 1.75 bits per heavy atom. The molecule has 2 aliphatic heterocycles. The molecule has 4 aromatic rings. The highest BCUT2D eigenvalue weighted by Crippen LogP contribution is 2.40. The van der Waals surface area contributed by atoms with Crippen molar-refractivity contribution in [3.63, 3.8) is 0 Å². The fourth-order valence-electron chi connectivity index (χ4n) is 7.08. The molecule has 0 saturated heterocycles. The number of carbonyl (C=O) groups is 1. The summed E-state index contributed by atoms with van der Waals surface area (Å²) in [5.74, 6) is -0.0398. The Hall–Kier alpha value is -4.64. The summed E-state index contributed by atoms with van der Waals surface area (Å²) in [6, 6.07) is 15.1. The number of amidine groups is 2. The number of ether oxygens (including phenoxy) is 1. The van der Waals surface area contributed by atoms with Crippen LogP contribution in [-0.2, 0) is 4.74 Å². The number of nitrogens with one attached hydrogen (secondary N) is 4. The number of nitrogens with zero attached hydrogens (tertiary/aromatic N) is 2. The van der Waals surface area contributed by atoms with Crippen LogP contribution in [0.4, 0.5) is 4.79 Å². The number of amides is 1. The van der Waals surface area contributed by atoms with Gasteiger partial charge in [-0.05, 0) is 65.7 Å². The average molecular weight is 652 g/mol. The number of nitrogens with two attached hydrogens (primary N) is 1. The predicted octanol–water partition coefficient (Wildman–Crippen LogP) is 6.76. The Morgan fingerprint density at radius 3 is 2.43 bits per heavy atom. The van der Waals surface area contributed by atoms with Crippen molar-refractivity contribution in [1.29, 1.82) is 10.8 Å². The fourth-order valence-corrected chi connectivity index (χ4v) is 7.75. The maximum atomic E-state index is 13.0. The van der Waals surface area contributed by atoms with Crippen molar-refractivity contribution < 1.29 is 14.0 Å².